The lowest BCUT2D eigenvalue weighted by Gasteiger charge is -2.32. The van der Waals surface area contributed by atoms with E-state index in [9.17, 15) is 9.59 Å². The molecule has 0 saturated carbocycles. The fourth-order valence-electron chi connectivity index (χ4n) is 3.51. The molecule has 0 aromatic heterocycles. The van der Waals surface area contributed by atoms with Crippen molar-refractivity contribution in [1.29, 1.82) is 0 Å². The molecule has 0 radical (unpaired) electrons. The van der Waals surface area contributed by atoms with Crippen LogP contribution in [-0.2, 0) is 23.8 Å². The Kier molecular flexibility index (Phi) is 4.75. The number of nitrogens with one attached hydrogen (secondary N) is 1. The lowest BCUT2D eigenvalue weighted by molar-refractivity contribution is -0.187. The topological polar surface area (TPSA) is 73.9 Å². The van der Waals surface area contributed by atoms with Gasteiger partial charge in [0.1, 0.15) is 6.04 Å². The lowest BCUT2D eigenvalue weighted by Crippen LogP contribution is -2.47. The maximum absolute atomic E-state index is 12.7. The van der Waals surface area contributed by atoms with Gasteiger partial charge in [0.15, 0.2) is 5.78 Å². The minimum Gasteiger partial charge on any atom is -0.465 e. The fraction of sp³-hybridized carbons (Fsp3) is 0.529. The molecule has 6 nitrogen and oxygen atoms in total. The van der Waals surface area contributed by atoms with Crippen molar-refractivity contribution in [1.82, 2.24) is 5.32 Å². The van der Waals surface area contributed by atoms with E-state index in [1.54, 1.807) is 6.92 Å². The summed E-state index contributed by atoms with van der Waals surface area (Å²) in [4.78, 5) is 25.0. The quantitative estimate of drug-likeness (QED) is 0.837. The van der Waals surface area contributed by atoms with Crippen molar-refractivity contribution < 1.29 is 23.8 Å². The predicted molar refractivity (Wildman–Crippen MR) is 81.5 cm³/mol. The first kappa shape index (κ1) is 16.1. The first-order chi connectivity index (χ1) is 11.2. The van der Waals surface area contributed by atoms with Crippen molar-refractivity contribution in [2.24, 2.45) is 11.8 Å². The van der Waals surface area contributed by atoms with Gasteiger partial charge in [0, 0.05) is 25.0 Å². The van der Waals surface area contributed by atoms with Gasteiger partial charge in [0.2, 0.25) is 6.29 Å². The zero-order chi connectivity index (χ0) is 16.4. The lowest BCUT2D eigenvalue weighted by atomic mass is 9.80. The van der Waals surface area contributed by atoms with Gasteiger partial charge in [-0.2, -0.15) is 0 Å². The summed E-state index contributed by atoms with van der Waals surface area (Å²) >= 11 is 0. The molecule has 1 N–H and O–H groups in total. The largest absolute Gasteiger partial charge is 0.465 e. The maximum atomic E-state index is 12.7. The molecule has 2 saturated heterocycles. The van der Waals surface area contributed by atoms with Crippen molar-refractivity contribution in [2.75, 3.05) is 20.3 Å². The van der Waals surface area contributed by atoms with Crippen LogP contribution in [0, 0.1) is 11.8 Å². The fourth-order valence-corrected chi connectivity index (χ4v) is 3.51. The summed E-state index contributed by atoms with van der Waals surface area (Å²) in [6, 6.07) is 8.86. The van der Waals surface area contributed by atoms with Crippen molar-refractivity contribution in [3.8, 4) is 0 Å². The summed E-state index contributed by atoms with van der Waals surface area (Å²) in [7, 11) is 1.45. The first-order valence-corrected chi connectivity index (χ1v) is 7.83. The second-order valence-corrected chi connectivity index (χ2v) is 5.78. The number of benzene rings is 1. The van der Waals surface area contributed by atoms with Crippen LogP contribution in [-0.4, -0.2) is 44.4 Å². The molecule has 0 spiro atoms. The Balaban J connectivity index is 1.92. The Hall–Kier alpha value is -1.76. The molecule has 5 atom stereocenters. The van der Waals surface area contributed by atoms with Crippen molar-refractivity contribution in [2.45, 2.75) is 25.3 Å². The third-order valence-corrected chi connectivity index (χ3v) is 4.52. The van der Waals surface area contributed by atoms with E-state index in [1.165, 1.54) is 7.11 Å². The molecule has 1 aromatic carbocycles. The second-order valence-electron chi connectivity index (χ2n) is 5.78. The summed E-state index contributed by atoms with van der Waals surface area (Å²) in [5, 5.41) is 3.28. The van der Waals surface area contributed by atoms with Gasteiger partial charge in [-0.15, -0.1) is 0 Å². The van der Waals surface area contributed by atoms with Crippen LogP contribution in [0.2, 0.25) is 0 Å². The molecular weight excluding hydrogens is 298 g/mol. The molecule has 2 fully saturated rings. The third-order valence-electron chi connectivity index (χ3n) is 4.52. The van der Waals surface area contributed by atoms with Gasteiger partial charge in [-0.3, -0.25) is 14.9 Å². The van der Waals surface area contributed by atoms with Gasteiger partial charge < -0.3 is 14.2 Å². The Morgan fingerprint density at radius 1 is 1.35 bits per heavy atom. The molecule has 124 valence electrons. The van der Waals surface area contributed by atoms with E-state index in [1.807, 2.05) is 30.3 Å². The number of methoxy groups -OCH3 is 1. The normalized spacial score (nSPS) is 33.3. The average molecular weight is 319 g/mol. The van der Waals surface area contributed by atoms with Gasteiger partial charge >= 0.3 is 5.97 Å². The van der Waals surface area contributed by atoms with Crippen LogP contribution in [0.1, 0.15) is 18.5 Å². The molecule has 0 aliphatic carbocycles. The van der Waals surface area contributed by atoms with E-state index in [2.05, 4.69) is 5.32 Å². The van der Waals surface area contributed by atoms with Crippen LogP contribution >= 0.6 is 0 Å². The van der Waals surface area contributed by atoms with Gasteiger partial charge in [0.05, 0.1) is 13.2 Å². The number of ether oxygens (including phenoxy) is 3. The summed E-state index contributed by atoms with van der Waals surface area (Å²) < 4.78 is 15.7. The van der Waals surface area contributed by atoms with E-state index < -0.39 is 12.3 Å². The number of esters is 1. The molecule has 2 aliphatic heterocycles. The number of hydrogen-bond acceptors (Lipinski definition) is 6. The second kappa shape index (κ2) is 6.78. The summed E-state index contributed by atoms with van der Waals surface area (Å²) in [5.74, 6) is -1.09. The standard InChI is InChI=1S/C17H21NO5/c1-3-22-16(20)14-11-9-23-17(21-2)15(19)12(11)13(18-14)10-7-5-4-6-8-10/h4-8,11-14,17-18H,3,9H2,1-2H3/t11?,12?,13-,14-,17+/m1/s1. The number of carbonyl (C=O) groups is 2. The van der Waals surface area contributed by atoms with Crippen LogP contribution in [0.25, 0.3) is 0 Å². The Labute approximate surface area is 135 Å². The summed E-state index contributed by atoms with van der Waals surface area (Å²) in [6.07, 6.45) is -0.870. The highest BCUT2D eigenvalue weighted by Crippen LogP contribution is 2.42. The van der Waals surface area contributed by atoms with Gasteiger partial charge in [-0.05, 0) is 12.5 Å². The van der Waals surface area contributed by atoms with Crippen molar-refractivity contribution in [3.63, 3.8) is 0 Å². The monoisotopic (exact) mass is 319 g/mol. The predicted octanol–water partition coefficient (Wildman–Crippen LogP) is 1.07. The Morgan fingerprint density at radius 3 is 2.74 bits per heavy atom. The van der Waals surface area contributed by atoms with Crippen LogP contribution < -0.4 is 5.32 Å². The molecule has 6 heteroatoms. The number of rotatable bonds is 4. The number of fused-ring (bicyclic) bond motifs is 1. The highest BCUT2D eigenvalue weighted by molar-refractivity contribution is 5.89. The Bertz CT molecular complexity index is 576. The van der Waals surface area contributed by atoms with Crippen LogP contribution in [0.15, 0.2) is 30.3 Å². The molecule has 23 heavy (non-hydrogen) atoms. The average Bonchev–Trinajstić information content (AvgIpc) is 2.97. The third kappa shape index (κ3) is 2.89. The molecule has 2 unspecified atom stereocenters. The van der Waals surface area contributed by atoms with Crippen LogP contribution in [0.4, 0.5) is 0 Å². The smallest absolute Gasteiger partial charge is 0.323 e. The zero-order valence-electron chi connectivity index (χ0n) is 13.2. The van der Waals surface area contributed by atoms with Crippen molar-refractivity contribution >= 4 is 11.8 Å². The molecule has 0 bridgehead atoms. The highest BCUT2D eigenvalue weighted by Gasteiger charge is 2.54. The highest BCUT2D eigenvalue weighted by atomic mass is 16.7. The molecule has 2 aliphatic rings. The van der Waals surface area contributed by atoms with Crippen LogP contribution in [0.3, 0.4) is 0 Å². The number of Topliss-reactive ketones (excluding diaryl/α,β-unsaturated/α-hetero) is 1. The van der Waals surface area contributed by atoms with E-state index in [4.69, 9.17) is 14.2 Å². The molecule has 2 heterocycles. The van der Waals surface area contributed by atoms with Gasteiger partial charge in [0.25, 0.3) is 0 Å². The SMILES string of the molecule is CCOC(=O)[C@@H]1N[C@H](c2ccccc2)C2C(=O)[C@@H](OC)OCC21. The molecule has 1 aromatic rings. The van der Waals surface area contributed by atoms with Gasteiger partial charge in [-0.25, -0.2) is 0 Å². The van der Waals surface area contributed by atoms with Crippen LogP contribution in [0.5, 0.6) is 0 Å². The minimum atomic E-state index is -0.870. The van der Waals surface area contributed by atoms with E-state index >= 15 is 0 Å². The first-order valence-electron chi connectivity index (χ1n) is 7.83. The molecule has 3 rings (SSSR count). The molecular formula is C17H21NO5. The van der Waals surface area contributed by atoms with E-state index in [-0.39, 0.29) is 36.2 Å². The summed E-state index contributed by atoms with van der Waals surface area (Å²) in [5.41, 5.74) is 0.972. The van der Waals surface area contributed by atoms with Crippen molar-refractivity contribution in [3.05, 3.63) is 35.9 Å². The number of hydrogen-bond donors (Lipinski definition) is 1. The number of carbonyl (C=O) groups excluding carboxylic acids is 2. The number of ketones is 1. The van der Waals surface area contributed by atoms with E-state index in [0.717, 1.165) is 5.56 Å². The Morgan fingerprint density at radius 2 is 2.09 bits per heavy atom. The molecule has 0 amide bonds. The zero-order valence-corrected chi connectivity index (χ0v) is 13.2. The van der Waals surface area contributed by atoms with Gasteiger partial charge in [-0.1, -0.05) is 30.3 Å². The maximum Gasteiger partial charge on any atom is 0.323 e. The van der Waals surface area contributed by atoms with E-state index in [0.29, 0.717) is 6.61 Å². The minimum absolute atomic E-state index is 0.128. The summed E-state index contributed by atoms with van der Waals surface area (Å²) in [6.45, 7) is 2.36.